The van der Waals surface area contributed by atoms with Crippen molar-refractivity contribution in [2.24, 2.45) is 0 Å². The van der Waals surface area contributed by atoms with Crippen LogP contribution in [0.1, 0.15) is 10.5 Å². The molecule has 0 atom stereocenters. The largest absolute Gasteiger partial charge is 0.437 e. The molecule has 1 aromatic heterocycles. The molecule has 19 heavy (non-hydrogen) atoms. The lowest BCUT2D eigenvalue weighted by Gasteiger charge is -2.07. The van der Waals surface area contributed by atoms with Gasteiger partial charge < -0.3 is 4.74 Å². The van der Waals surface area contributed by atoms with Gasteiger partial charge in [-0.3, -0.25) is 4.79 Å². The highest BCUT2D eigenvalue weighted by molar-refractivity contribution is 5.82. The van der Waals surface area contributed by atoms with Gasteiger partial charge >= 0.3 is 0 Å². The van der Waals surface area contributed by atoms with Crippen LogP contribution in [0.2, 0.25) is 0 Å². The summed E-state index contributed by atoms with van der Waals surface area (Å²) in [5.41, 5.74) is 1.56. The molecule has 0 fully saturated rings. The molecule has 0 N–H and O–H groups in total. The Balaban J connectivity index is 2.09. The number of carbonyl (C=O) groups excluding carboxylic acids is 1. The maximum atomic E-state index is 11.1. The summed E-state index contributed by atoms with van der Waals surface area (Å²) in [7, 11) is 0. The molecule has 4 heteroatoms. The van der Waals surface area contributed by atoms with Crippen molar-refractivity contribution in [3.63, 3.8) is 0 Å². The van der Waals surface area contributed by atoms with E-state index < -0.39 is 0 Å². The van der Waals surface area contributed by atoms with Gasteiger partial charge in [0.25, 0.3) is 0 Å². The van der Waals surface area contributed by atoms with Gasteiger partial charge in [-0.1, -0.05) is 30.3 Å². The molecule has 2 aromatic carbocycles. The molecular formula is C15H10N2O2. The number of carbonyl (C=O) groups is 1. The fourth-order valence-corrected chi connectivity index (χ4v) is 1.75. The first-order valence-electron chi connectivity index (χ1n) is 5.82. The summed E-state index contributed by atoms with van der Waals surface area (Å²) in [6.45, 7) is 0. The summed E-state index contributed by atoms with van der Waals surface area (Å²) < 4.78 is 5.60. The third-order valence-corrected chi connectivity index (χ3v) is 2.63. The monoisotopic (exact) mass is 250 g/mol. The lowest BCUT2D eigenvalue weighted by molar-refractivity contribution is 0.111. The van der Waals surface area contributed by atoms with Crippen LogP contribution < -0.4 is 4.74 Å². The zero-order valence-electron chi connectivity index (χ0n) is 9.98. The second kappa shape index (κ2) is 4.86. The van der Waals surface area contributed by atoms with Crippen molar-refractivity contribution in [2.75, 3.05) is 0 Å². The molecule has 0 saturated carbocycles. The van der Waals surface area contributed by atoms with Crippen LogP contribution in [0.3, 0.4) is 0 Å². The zero-order chi connectivity index (χ0) is 13.1. The predicted octanol–water partition coefficient (Wildman–Crippen LogP) is 3.23. The fraction of sp³-hybridized carbons (Fsp3) is 0. The summed E-state index contributed by atoms with van der Waals surface area (Å²) in [4.78, 5) is 19.6. The van der Waals surface area contributed by atoms with E-state index >= 15 is 0 Å². The molecule has 0 aliphatic heterocycles. The third-order valence-electron chi connectivity index (χ3n) is 2.63. The van der Waals surface area contributed by atoms with Gasteiger partial charge in [0, 0.05) is 0 Å². The number of hydrogen-bond acceptors (Lipinski definition) is 4. The maximum absolute atomic E-state index is 11.1. The van der Waals surface area contributed by atoms with Crippen molar-refractivity contribution in [3.05, 3.63) is 60.3 Å². The van der Waals surface area contributed by atoms with E-state index in [0.29, 0.717) is 23.1 Å². The highest BCUT2D eigenvalue weighted by Gasteiger charge is 2.10. The Hall–Kier alpha value is -2.75. The van der Waals surface area contributed by atoms with Crippen molar-refractivity contribution in [1.29, 1.82) is 0 Å². The van der Waals surface area contributed by atoms with Gasteiger partial charge in [0.05, 0.1) is 11.0 Å². The van der Waals surface area contributed by atoms with Gasteiger partial charge in [-0.25, -0.2) is 9.97 Å². The Morgan fingerprint density at radius 1 is 0.842 bits per heavy atom. The van der Waals surface area contributed by atoms with Crippen LogP contribution in [0.25, 0.3) is 11.0 Å². The molecule has 0 unspecified atom stereocenters. The predicted molar refractivity (Wildman–Crippen MR) is 71.4 cm³/mol. The van der Waals surface area contributed by atoms with Gasteiger partial charge in [-0.05, 0) is 24.3 Å². The minimum absolute atomic E-state index is 0.197. The van der Waals surface area contributed by atoms with E-state index in [4.69, 9.17) is 4.74 Å². The molecule has 0 amide bonds. The van der Waals surface area contributed by atoms with Crippen LogP contribution in [0.4, 0.5) is 0 Å². The van der Waals surface area contributed by atoms with Gasteiger partial charge in [-0.15, -0.1) is 0 Å². The maximum Gasteiger partial charge on any atom is 0.249 e. The van der Waals surface area contributed by atoms with Crippen LogP contribution in [0, 0.1) is 0 Å². The number of fused-ring (bicyclic) bond motifs is 1. The van der Waals surface area contributed by atoms with Gasteiger partial charge in [0.15, 0.2) is 12.0 Å². The van der Waals surface area contributed by atoms with E-state index in [1.807, 2.05) is 42.5 Å². The lowest BCUT2D eigenvalue weighted by Crippen LogP contribution is -1.98. The van der Waals surface area contributed by atoms with Crippen molar-refractivity contribution < 1.29 is 9.53 Å². The van der Waals surface area contributed by atoms with E-state index in [1.165, 1.54) is 0 Å². The van der Waals surface area contributed by atoms with E-state index in [1.54, 1.807) is 12.1 Å². The van der Waals surface area contributed by atoms with Crippen LogP contribution in [-0.4, -0.2) is 16.3 Å². The van der Waals surface area contributed by atoms with Crippen molar-refractivity contribution in [1.82, 2.24) is 9.97 Å². The van der Waals surface area contributed by atoms with Gasteiger partial charge in [0.1, 0.15) is 5.75 Å². The van der Waals surface area contributed by atoms with Crippen LogP contribution >= 0.6 is 0 Å². The molecule has 0 radical (unpaired) electrons. The second-order valence-electron chi connectivity index (χ2n) is 3.94. The molecule has 0 aliphatic carbocycles. The first-order valence-corrected chi connectivity index (χ1v) is 5.82. The third kappa shape index (κ3) is 2.28. The lowest BCUT2D eigenvalue weighted by atomic mass is 10.3. The van der Waals surface area contributed by atoms with Gasteiger partial charge in [-0.2, -0.15) is 0 Å². The number of ether oxygens (including phenoxy) is 1. The summed E-state index contributed by atoms with van der Waals surface area (Å²) >= 11 is 0. The molecule has 0 aliphatic rings. The standard InChI is InChI=1S/C15H10N2O2/c18-10-14-15(19-11-6-2-1-3-7-11)17-13-9-5-4-8-12(13)16-14/h1-10H. The van der Waals surface area contributed by atoms with Crippen molar-refractivity contribution >= 4 is 17.3 Å². The Labute approximate surface area is 109 Å². The normalized spacial score (nSPS) is 10.3. The summed E-state index contributed by atoms with van der Waals surface area (Å²) in [6.07, 6.45) is 0.651. The highest BCUT2D eigenvalue weighted by atomic mass is 16.5. The van der Waals surface area contributed by atoms with Crippen molar-refractivity contribution in [2.45, 2.75) is 0 Å². The summed E-state index contributed by atoms with van der Waals surface area (Å²) in [6, 6.07) is 16.5. The molecule has 3 rings (SSSR count). The highest BCUT2D eigenvalue weighted by Crippen LogP contribution is 2.23. The number of rotatable bonds is 3. The van der Waals surface area contributed by atoms with E-state index in [2.05, 4.69) is 9.97 Å². The topological polar surface area (TPSA) is 52.1 Å². The van der Waals surface area contributed by atoms with Gasteiger partial charge in [0.2, 0.25) is 5.88 Å². The number of para-hydroxylation sites is 3. The van der Waals surface area contributed by atoms with E-state index in [9.17, 15) is 4.79 Å². The number of aldehydes is 1. The number of benzene rings is 2. The smallest absolute Gasteiger partial charge is 0.249 e. The fourth-order valence-electron chi connectivity index (χ4n) is 1.75. The number of nitrogens with zero attached hydrogens (tertiary/aromatic N) is 2. The first-order chi connectivity index (χ1) is 9.36. The molecule has 92 valence electrons. The zero-order valence-corrected chi connectivity index (χ0v) is 9.98. The van der Waals surface area contributed by atoms with Crippen molar-refractivity contribution in [3.8, 4) is 11.6 Å². The molecule has 4 nitrogen and oxygen atoms in total. The number of hydrogen-bond donors (Lipinski definition) is 0. The Morgan fingerprint density at radius 2 is 1.47 bits per heavy atom. The molecule has 0 bridgehead atoms. The minimum atomic E-state index is 0.197. The molecule has 1 heterocycles. The summed E-state index contributed by atoms with van der Waals surface area (Å²) in [5.74, 6) is 0.843. The first kappa shape index (κ1) is 11.3. The SMILES string of the molecule is O=Cc1nc2ccccc2nc1Oc1ccccc1. The van der Waals surface area contributed by atoms with E-state index in [0.717, 1.165) is 0 Å². The Kier molecular flexibility index (Phi) is 2.90. The molecule has 0 saturated heterocycles. The quantitative estimate of drug-likeness (QED) is 0.669. The van der Waals surface area contributed by atoms with E-state index in [-0.39, 0.29) is 11.6 Å². The average Bonchev–Trinajstić information content (AvgIpc) is 2.47. The van der Waals surface area contributed by atoms with Crippen LogP contribution in [0.15, 0.2) is 54.6 Å². The second-order valence-corrected chi connectivity index (χ2v) is 3.94. The molecular weight excluding hydrogens is 240 g/mol. The van der Waals surface area contributed by atoms with Crippen LogP contribution in [0.5, 0.6) is 11.6 Å². The van der Waals surface area contributed by atoms with Crippen LogP contribution in [-0.2, 0) is 0 Å². The summed E-state index contributed by atoms with van der Waals surface area (Å²) in [5, 5.41) is 0. The molecule has 3 aromatic rings. The average molecular weight is 250 g/mol. The minimum Gasteiger partial charge on any atom is -0.437 e. The number of aromatic nitrogens is 2. The Bertz CT molecular complexity index is 727. The Morgan fingerprint density at radius 3 is 2.16 bits per heavy atom. The molecule has 0 spiro atoms.